The highest BCUT2D eigenvalue weighted by Gasteiger charge is 2.23. The fourth-order valence-electron chi connectivity index (χ4n) is 2.12. The van der Waals surface area contributed by atoms with Crippen molar-refractivity contribution >= 4 is 15.9 Å². The Morgan fingerprint density at radius 3 is 2.60 bits per heavy atom. The zero-order chi connectivity index (χ0) is 14.7. The van der Waals surface area contributed by atoms with Gasteiger partial charge in [0, 0.05) is 16.6 Å². The number of ether oxygens (including phenoxy) is 2. The molecule has 1 aromatic heterocycles. The van der Waals surface area contributed by atoms with Crippen LogP contribution < -0.4 is 9.47 Å². The standard InChI is InChI=1S/C14H17BrN2O3/c1-4-17-13(12(20-3)8-16-17)14(18)10-6-5-9(15)7-11(10)19-2/h5-8,14,18H,4H2,1-3H3. The van der Waals surface area contributed by atoms with Crippen LogP contribution in [0.3, 0.4) is 0 Å². The van der Waals surface area contributed by atoms with E-state index in [4.69, 9.17) is 9.47 Å². The molecule has 0 aliphatic carbocycles. The van der Waals surface area contributed by atoms with E-state index in [2.05, 4.69) is 21.0 Å². The summed E-state index contributed by atoms with van der Waals surface area (Å²) in [6.45, 7) is 2.61. The smallest absolute Gasteiger partial charge is 0.163 e. The van der Waals surface area contributed by atoms with Gasteiger partial charge in [0.1, 0.15) is 17.5 Å². The zero-order valence-electron chi connectivity index (χ0n) is 11.6. The number of halogens is 1. The van der Waals surface area contributed by atoms with Gasteiger partial charge in [0.2, 0.25) is 0 Å². The lowest BCUT2D eigenvalue weighted by molar-refractivity contribution is 0.198. The third-order valence-corrected chi connectivity index (χ3v) is 3.61. The highest BCUT2D eigenvalue weighted by molar-refractivity contribution is 9.10. The summed E-state index contributed by atoms with van der Waals surface area (Å²) in [5.41, 5.74) is 1.29. The zero-order valence-corrected chi connectivity index (χ0v) is 13.2. The first kappa shape index (κ1) is 14.9. The Hall–Kier alpha value is -1.53. The predicted octanol–water partition coefficient (Wildman–Crippen LogP) is 2.76. The topological polar surface area (TPSA) is 56.5 Å². The van der Waals surface area contributed by atoms with Crippen molar-refractivity contribution in [2.45, 2.75) is 19.6 Å². The van der Waals surface area contributed by atoms with Gasteiger partial charge < -0.3 is 14.6 Å². The minimum absolute atomic E-state index is 0.560. The number of aromatic nitrogens is 2. The van der Waals surface area contributed by atoms with Crippen LogP contribution in [0, 0.1) is 0 Å². The fourth-order valence-corrected chi connectivity index (χ4v) is 2.46. The molecule has 2 aromatic rings. The summed E-state index contributed by atoms with van der Waals surface area (Å²) >= 11 is 3.39. The van der Waals surface area contributed by atoms with E-state index in [9.17, 15) is 5.11 Å². The van der Waals surface area contributed by atoms with Crippen LogP contribution >= 0.6 is 15.9 Å². The highest BCUT2D eigenvalue weighted by Crippen LogP contribution is 2.35. The van der Waals surface area contributed by atoms with E-state index < -0.39 is 6.10 Å². The number of hydrogen-bond acceptors (Lipinski definition) is 4. The highest BCUT2D eigenvalue weighted by atomic mass is 79.9. The first-order chi connectivity index (χ1) is 9.62. The van der Waals surface area contributed by atoms with Crippen LogP contribution in [0.15, 0.2) is 28.9 Å². The largest absolute Gasteiger partial charge is 0.496 e. The van der Waals surface area contributed by atoms with Gasteiger partial charge in [-0.15, -0.1) is 0 Å². The lowest BCUT2D eigenvalue weighted by atomic mass is 10.0. The molecule has 0 aliphatic rings. The molecule has 108 valence electrons. The number of aliphatic hydroxyl groups is 1. The summed E-state index contributed by atoms with van der Waals surface area (Å²) < 4.78 is 13.2. The maximum absolute atomic E-state index is 10.7. The predicted molar refractivity (Wildman–Crippen MR) is 79.2 cm³/mol. The summed E-state index contributed by atoms with van der Waals surface area (Å²) in [7, 11) is 3.14. The van der Waals surface area contributed by atoms with E-state index in [0.717, 1.165) is 4.47 Å². The Kier molecular flexibility index (Phi) is 4.67. The summed E-state index contributed by atoms with van der Waals surface area (Å²) in [5.74, 6) is 1.17. The van der Waals surface area contributed by atoms with Gasteiger partial charge in [-0.25, -0.2) is 0 Å². The first-order valence-electron chi connectivity index (χ1n) is 6.23. The average Bonchev–Trinajstić information content (AvgIpc) is 2.89. The third kappa shape index (κ3) is 2.66. The van der Waals surface area contributed by atoms with Crippen LogP contribution in [-0.4, -0.2) is 29.1 Å². The van der Waals surface area contributed by atoms with Crippen LogP contribution in [0.4, 0.5) is 0 Å². The van der Waals surface area contributed by atoms with Crippen molar-refractivity contribution in [2.24, 2.45) is 0 Å². The van der Waals surface area contributed by atoms with E-state index in [1.807, 2.05) is 25.1 Å². The van der Waals surface area contributed by atoms with Gasteiger partial charge in [0.25, 0.3) is 0 Å². The van der Waals surface area contributed by atoms with Crippen molar-refractivity contribution < 1.29 is 14.6 Å². The van der Waals surface area contributed by atoms with E-state index in [0.29, 0.717) is 29.3 Å². The molecule has 1 heterocycles. The summed E-state index contributed by atoms with van der Waals surface area (Å²) in [6, 6.07) is 5.50. The Morgan fingerprint density at radius 2 is 2.00 bits per heavy atom. The number of rotatable bonds is 5. The van der Waals surface area contributed by atoms with Crippen molar-refractivity contribution in [3.63, 3.8) is 0 Å². The molecule has 6 heteroatoms. The maximum Gasteiger partial charge on any atom is 0.163 e. The van der Waals surface area contributed by atoms with Crippen molar-refractivity contribution in [2.75, 3.05) is 14.2 Å². The molecule has 0 fully saturated rings. The summed E-state index contributed by atoms with van der Waals surface area (Å²) in [5, 5.41) is 14.9. The minimum Gasteiger partial charge on any atom is -0.496 e. The molecule has 20 heavy (non-hydrogen) atoms. The van der Waals surface area contributed by atoms with Crippen molar-refractivity contribution in [3.8, 4) is 11.5 Å². The Labute approximate surface area is 126 Å². The van der Waals surface area contributed by atoms with E-state index in [1.165, 1.54) is 0 Å². The molecule has 2 rings (SSSR count). The fraction of sp³-hybridized carbons (Fsp3) is 0.357. The van der Waals surface area contributed by atoms with Crippen molar-refractivity contribution in [1.82, 2.24) is 9.78 Å². The van der Waals surface area contributed by atoms with Crippen molar-refractivity contribution in [3.05, 3.63) is 40.1 Å². The average molecular weight is 341 g/mol. The van der Waals surface area contributed by atoms with Crippen LogP contribution in [0.5, 0.6) is 11.5 Å². The van der Waals surface area contributed by atoms with Crippen LogP contribution in [0.1, 0.15) is 24.3 Å². The minimum atomic E-state index is -0.865. The lowest BCUT2D eigenvalue weighted by Gasteiger charge is -2.17. The Bertz CT molecular complexity index is 577. The number of methoxy groups -OCH3 is 2. The normalized spacial score (nSPS) is 12.2. The summed E-state index contributed by atoms with van der Waals surface area (Å²) in [4.78, 5) is 0. The molecular formula is C14H17BrN2O3. The van der Waals surface area contributed by atoms with Gasteiger partial charge >= 0.3 is 0 Å². The molecule has 1 unspecified atom stereocenters. The molecule has 1 aromatic carbocycles. The number of benzene rings is 1. The third-order valence-electron chi connectivity index (χ3n) is 3.11. The molecule has 5 nitrogen and oxygen atoms in total. The molecular weight excluding hydrogens is 324 g/mol. The second-order valence-electron chi connectivity index (χ2n) is 4.20. The first-order valence-corrected chi connectivity index (χ1v) is 7.02. The van der Waals surface area contributed by atoms with Gasteiger partial charge in [-0.05, 0) is 19.1 Å². The molecule has 0 aliphatic heterocycles. The SMILES string of the molecule is CCn1ncc(OC)c1C(O)c1ccc(Br)cc1OC. The monoisotopic (exact) mass is 340 g/mol. The Balaban J connectivity index is 2.50. The van der Waals surface area contributed by atoms with Gasteiger partial charge in [0.15, 0.2) is 5.75 Å². The second kappa shape index (κ2) is 6.28. The van der Waals surface area contributed by atoms with Crippen LogP contribution in [0.2, 0.25) is 0 Å². The van der Waals surface area contributed by atoms with E-state index in [-0.39, 0.29) is 0 Å². The molecule has 0 bridgehead atoms. The molecule has 0 spiro atoms. The number of hydrogen-bond donors (Lipinski definition) is 1. The van der Waals surface area contributed by atoms with Crippen molar-refractivity contribution in [1.29, 1.82) is 0 Å². The summed E-state index contributed by atoms with van der Waals surface area (Å²) in [6.07, 6.45) is 0.739. The molecule has 0 radical (unpaired) electrons. The van der Waals surface area contributed by atoms with Gasteiger partial charge in [-0.2, -0.15) is 5.10 Å². The van der Waals surface area contributed by atoms with Gasteiger partial charge in [0.05, 0.1) is 20.4 Å². The number of nitrogens with zero attached hydrogens (tertiary/aromatic N) is 2. The lowest BCUT2D eigenvalue weighted by Crippen LogP contribution is -2.11. The quantitative estimate of drug-likeness (QED) is 0.909. The number of aryl methyl sites for hydroxylation is 1. The van der Waals surface area contributed by atoms with E-state index in [1.54, 1.807) is 25.1 Å². The van der Waals surface area contributed by atoms with Crippen LogP contribution in [-0.2, 0) is 6.54 Å². The second-order valence-corrected chi connectivity index (χ2v) is 5.12. The molecule has 0 saturated heterocycles. The Morgan fingerprint density at radius 1 is 1.30 bits per heavy atom. The van der Waals surface area contributed by atoms with E-state index >= 15 is 0 Å². The number of aliphatic hydroxyl groups excluding tert-OH is 1. The molecule has 0 saturated carbocycles. The maximum atomic E-state index is 10.7. The van der Waals surface area contributed by atoms with Crippen LogP contribution in [0.25, 0.3) is 0 Å². The molecule has 1 atom stereocenters. The van der Waals surface area contributed by atoms with Gasteiger partial charge in [-0.1, -0.05) is 22.0 Å². The van der Waals surface area contributed by atoms with Gasteiger partial charge in [-0.3, -0.25) is 4.68 Å². The molecule has 1 N–H and O–H groups in total. The molecule has 0 amide bonds.